The molecule has 0 amide bonds. The SMILES string of the molecule is C1=[N+]2CCC[N+]3=Cc4ccccc4N4C5(N(c6ccccc61)C423)N1c2ccccc2C=[N+]2CCC[N+]3=Cc4ccccc4N5C123. The zero-order valence-electron chi connectivity index (χ0n) is 24.9. The van der Waals surface area contributed by atoms with Crippen molar-refractivity contribution in [2.24, 2.45) is 0 Å². The molecule has 216 valence electrons. The molecule has 0 aliphatic carbocycles. The van der Waals surface area contributed by atoms with E-state index in [1.807, 2.05) is 0 Å². The van der Waals surface area contributed by atoms with E-state index in [1.165, 1.54) is 45.0 Å². The van der Waals surface area contributed by atoms with Gasteiger partial charge in [0.25, 0.3) is 0 Å². The minimum Gasteiger partial charge on any atom is -0.168 e. The van der Waals surface area contributed by atoms with Crippen LogP contribution in [0, 0.1) is 0 Å². The van der Waals surface area contributed by atoms with Gasteiger partial charge in [-0.1, -0.05) is 48.5 Å². The van der Waals surface area contributed by atoms with Crippen LogP contribution in [0.3, 0.4) is 0 Å². The van der Waals surface area contributed by atoms with Crippen molar-refractivity contribution in [3.8, 4) is 0 Å². The van der Waals surface area contributed by atoms with Crippen LogP contribution in [0.15, 0.2) is 97.1 Å². The monoisotopic (exact) mass is 588 g/mol. The quantitative estimate of drug-likeness (QED) is 0.294. The van der Waals surface area contributed by atoms with Crippen LogP contribution in [0.25, 0.3) is 0 Å². The summed E-state index contributed by atoms with van der Waals surface area (Å²) in [6.07, 6.45) is 11.9. The first-order chi connectivity index (χ1) is 22.3. The first kappa shape index (κ1) is 23.2. The van der Waals surface area contributed by atoms with Crippen LogP contribution in [0.5, 0.6) is 0 Å². The molecule has 0 N–H and O–H groups in total. The Bertz CT molecular complexity index is 1880. The molecule has 8 aliphatic heterocycles. The highest BCUT2D eigenvalue weighted by atomic mass is 16.0. The summed E-state index contributed by atoms with van der Waals surface area (Å²) in [5.74, 6) is -1.66. The van der Waals surface area contributed by atoms with Crippen LogP contribution in [0.2, 0.25) is 0 Å². The van der Waals surface area contributed by atoms with E-state index in [2.05, 4.69) is 160 Å². The Labute approximate surface area is 261 Å². The molecule has 0 atom stereocenters. The van der Waals surface area contributed by atoms with Gasteiger partial charge in [0.1, 0.15) is 0 Å². The van der Waals surface area contributed by atoms with Crippen molar-refractivity contribution in [2.45, 2.75) is 30.6 Å². The fourth-order valence-corrected chi connectivity index (χ4v) is 10.1. The molecule has 8 heterocycles. The Morgan fingerprint density at radius 2 is 0.644 bits per heavy atom. The number of fused-ring (bicyclic) bond motifs is 12. The third kappa shape index (κ3) is 2.19. The molecule has 8 heteroatoms. The normalized spacial score (nSPS) is 23.5. The van der Waals surface area contributed by atoms with Crippen molar-refractivity contribution in [2.75, 3.05) is 45.8 Å². The average Bonchev–Trinajstić information content (AvgIpc) is 3.06. The van der Waals surface area contributed by atoms with Crippen molar-refractivity contribution in [3.63, 3.8) is 0 Å². The number of benzene rings is 4. The zero-order valence-corrected chi connectivity index (χ0v) is 24.9. The Morgan fingerprint density at radius 1 is 0.378 bits per heavy atom. The van der Waals surface area contributed by atoms with Gasteiger partial charge in [-0.25, -0.2) is 0 Å². The van der Waals surface area contributed by atoms with Gasteiger partial charge in [-0.05, 0) is 48.5 Å². The molecular weight excluding hydrogens is 556 g/mol. The smallest absolute Gasteiger partial charge is 0.168 e. The van der Waals surface area contributed by atoms with Crippen molar-refractivity contribution < 1.29 is 18.3 Å². The second-order valence-corrected chi connectivity index (χ2v) is 13.4. The molecule has 0 radical (unpaired) electrons. The molecule has 8 aliphatic rings. The molecule has 45 heavy (non-hydrogen) atoms. The standard InChI is InChI=1S/C37H32N8/c1-5-15-31-27(11-1)23-38-19-9-20-39-24-28-12-2-6-16-32(28)43-35(38,39)42(31)37(43)44-33-17-7-3-13-29(33)25-40-21-10-22-41-26-30-14-4-8-18-34(30)45(37)36(40,41)44/h1-8,11-18,23-26H,9-10,19-22H2/q+4. The topological polar surface area (TPSA) is 25.0 Å². The molecule has 4 saturated heterocycles. The number of para-hydroxylation sites is 4. The van der Waals surface area contributed by atoms with E-state index >= 15 is 0 Å². The molecule has 4 aromatic carbocycles. The van der Waals surface area contributed by atoms with Crippen molar-refractivity contribution in [3.05, 3.63) is 119 Å². The third-order valence-corrected chi connectivity index (χ3v) is 11.4. The van der Waals surface area contributed by atoms with Gasteiger partial charge in [0.15, 0.2) is 51.0 Å². The van der Waals surface area contributed by atoms with Crippen LogP contribution in [0.4, 0.5) is 22.7 Å². The summed E-state index contributed by atoms with van der Waals surface area (Å²) in [5.41, 5.74) is 10.2. The van der Waals surface area contributed by atoms with E-state index in [1.54, 1.807) is 0 Å². The molecule has 0 bridgehead atoms. The van der Waals surface area contributed by atoms with E-state index in [0.717, 1.165) is 39.0 Å². The first-order valence-corrected chi connectivity index (χ1v) is 16.3. The minimum absolute atomic E-state index is 0.501. The first-order valence-electron chi connectivity index (χ1n) is 16.3. The lowest BCUT2D eigenvalue weighted by Crippen LogP contribution is -3.14. The lowest BCUT2D eigenvalue weighted by Gasteiger charge is -2.78. The van der Waals surface area contributed by atoms with E-state index in [9.17, 15) is 0 Å². The number of hydrogen-bond donors (Lipinski definition) is 0. The molecule has 12 rings (SSSR count). The molecule has 4 aromatic rings. The predicted molar refractivity (Wildman–Crippen MR) is 174 cm³/mol. The second kappa shape index (κ2) is 7.34. The van der Waals surface area contributed by atoms with Gasteiger partial charge >= 0.3 is 17.7 Å². The van der Waals surface area contributed by atoms with Gasteiger partial charge in [0.05, 0.1) is 57.8 Å². The number of nitrogens with zero attached hydrogens (tertiary/aromatic N) is 8. The Hall–Kier alpha value is -5.24. The molecule has 3 spiro atoms. The maximum absolute atomic E-state index is 2.77. The zero-order chi connectivity index (χ0) is 29.1. The maximum Gasteiger partial charge on any atom is 0.543 e. The Morgan fingerprint density at radius 3 is 0.933 bits per heavy atom. The van der Waals surface area contributed by atoms with Crippen LogP contribution in [-0.2, 0) is 0 Å². The summed E-state index contributed by atoms with van der Waals surface area (Å²) in [6.45, 7) is 4.01. The van der Waals surface area contributed by atoms with Gasteiger partial charge in [-0.3, -0.25) is 0 Å². The molecule has 0 unspecified atom stereocenters. The largest absolute Gasteiger partial charge is 0.543 e. The summed E-state index contributed by atoms with van der Waals surface area (Å²) in [7, 11) is 0. The highest BCUT2D eigenvalue weighted by Crippen LogP contribution is 2.69. The van der Waals surface area contributed by atoms with Crippen molar-refractivity contribution in [1.29, 1.82) is 0 Å². The summed E-state index contributed by atoms with van der Waals surface area (Å²) in [6, 6.07) is 36.1. The van der Waals surface area contributed by atoms with Crippen molar-refractivity contribution in [1.82, 2.24) is 0 Å². The highest BCUT2D eigenvalue weighted by Gasteiger charge is 3.02. The minimum atomic E-state index is -0.662. The molecular formula is C37H32N8+4. The average molecular weight is 589 g/mol. The lowest BCUT2D eigenvalue weighted by molar-refractivity contribution is -0.880. The van der Waals surface area contributed by atoms with Crippen LogP contribution in [0.1, 0.15) is 35.1 Å². The molecule has 4 fully saturated rings. The van der Waals surface area contributed by atoms with Crippen LogP contribution in [-0.4, -0.2) is 87.1 Å². The summed E-state index contributed by atoms with van der Waals surface area (Å²) in [4.78, 5) is 11.1. The van der Waals surface area contributed by atoms with Gasteiger partial charge in [0, 0.05) is 0 Å². The second-order valence-electron chi connectivity index (χ2n) is 13.4. The van der Waals surface area contributed by atoms with Gasteiger partial charge in [-0.2, -0.15) is 19.6 Å². The van der Waals surface area contributed by atoms with Crippen molar-refractivity contribution >= 4 is 47.6 Å². The van der Waals surface area contributed by atoms with E-state index in [0.29, 0.717) is 0 Å². The molecule has 8 nitrogen and oxygen atoms in total. The number of rotatable bonds is 0. The summed E-state index contributed by atoms with van der Waals surface area (Å²) < 4.78 is 10.5. The summed E-state index contributed by atoms with van der Waals surface area (Å²) >= 11 is 0. The molecule has 0 aromatic heterocycles. The van der Waals surface area contributed by atoms with Gasteiger partial charge < -0.3 is 0 Å². The number of hydrogen-bond acceptors (Lipinski definition) is 4. The third-order valence-electron chi connectivity index (χ3n) is 11.4. The van der Waals surface area contributed by atoms with Crippen LogP contribution >= 0.6 is 0 Å². The maximum atomic E-state index is 2.77. The van der Waals surface area contributed by atoms with Gasteiger partial charge in [-0.15, -0.1) is 18.3 Å². The lowest BCUT2D eigenvalue weighted by atomic mass is 9.85. The van der Waals surface area contributed by atoms with E-state index in [4.69, 9.17) is 0 Å². The van der Waals surface area contributed by atoms with E-state index in [-0.39, 0.29) is 0 Å². The Kier molecular flexibility index (Phi) is 3.78. The number of anilines is 4. The highest BCUT2D eigenvalue weighted by molar-refractivity contribution is 6.01. The Balaban J connectivity index is 1.27. The van der Waals surface area contributed by atoms with E-state index < -0.39 is 17.7 Å². The van der Waals surface area contributed by atoms with Gasteiger partial charge in [0.2, 0.25) is 0 Å². The van der Waals surface area contributed by atoms with Crippen LogP contribution < -0.4 is 19.6 Å². The molecule has 0 saturated carbocycles. The summed E-state index contributed by atoms with van der Waals surface area (Å²) in [5, 5.41) is 0. The fourth-order valence-electron chi connectivity index (χ4n) is 10.1. The predicted octanol–water partition coefficient (Wildman–Crippen LogP) is 3.46. The fraction of sp³-hybridized carbons (Fsp3) is 0.243.